The van der Waals surface area contributed by atoms with Gasteiger partial charge in [-0.05, 0) is 50.3 Å². The molecule has 3 rings (SSSR count). The Bertz CT molecular complexity index is 570. The number of rotatable bonds is 3. The lowest BCUT2D eigenvalue weighted by molar-refractivity contribution is 0.00906. The van der Waals surface area contributed by atoms with Crippen molar-refractivity contribution >= 4 is 17.0 Å². The lowest BCUT2D eigenvalue weighted by Gasteiger charge is -2.22. The zero-order valence-electron chi connectivity index (χ0n) is 11.4. The molecule has 0 saturated carbocycles. The molecule has 0 aliphatic carbocycles. The summed E-state index contributed by atoms with van der Waals surface area (Å²) >= 11 is 0. The van der Waals surface area contributed by atoms with Gasteiger partial charge in [0.05, 0.1) is 17.1 Å². The molecule has 1 aromatic carbocycles. The summed E-state index contributed by atoms with van der Waals surface area (Å²) in [7, 11) is 0. The van der Waals surface area contributed by atoms with Crippen LogP contribution in [0, 0.1) is 6.92 Å². The number of nitrogens with zero attached hydrogens (tertiary/aromatic N) is 2. The standard InChI is InChI=1S/C15H21N3O/c1-11-5-6-13-14(10-11)18(15(16)17-13)8-7-12-4-2-3-9-19-12/h5-6,10,12H,2-4,7-9H2,1H3,(H2,16,17). The molecular weight excluding hydrogens is 238 g/mol. The first-order valence-corrected chi connectivity index (χ1v) is 7.08. The van der Waals surface area contributed by atoms with E-state index in [9.17, 15) is 0 Å². The highest BCUT2D eigenvalue weighted by molar-refractivity contribution is 5.79. The van der Waals surface area contributed by atoms with Gasteiger partial charge in [0.2, 0.25) is 5.95 Å². The Labute approximate surface area is 113 Å². The second-order valence-electron chi connectivity index (χ2n) is 5.39. The van der Waals surface area contributed by atoms with Crippen molar-refractivity contribution in [1.29, 1.82) is 0 Å². The highest BCUT2D eigenvalue weighted by Gasteiger charge is 2.15. The topological polar surface area (TPSA) is 53.1 Å². The van der Waals surface area contributed by atoms with Crippen molar-refractivity contribution in [1.82, 2.24) is 9.55 Å². The zero-order chi connectivity index (χ0) is 13.2. The smallest absolute Gasteiger partial charge is 0.201 e. The molecule has 1 aliphatic heterocycles. The van der Waals surface area contributed by atoms with Crippen LogP contribution >= 0.6 is 0 Å². The molecule has 1 saturated heterocycles. The molecule has 1 unspecified atom stereocenters. The Morgan fingerprint density at radius 3 is 3.11 bits per heavy atom. The summed E-state index contributed by atoms with van der Waals surface area (Å²) in [5, 5.41) is 0. The van der Waals surface area contributed by atoms with Crippen LogP contribution in [0.3, 0.4) is 0 Å². The fourth-order valence-electron chi connectivity index (χ4n) is 2.79. The summed E-state index contributed by atoms with van der Waals surface area (Å²) in [5.74, 6) is 0.608. The van der Waals surface area contributed by atoms with Gasteiger partial charge in [-0.1, -0.05) is 6.07 Å². The van der Waals surface area contributed by atoms with E-state index in [0.717, 1.165) is 30.6 Å². The quantitative estimate of drug-likeness (QED) is 0.922. The maximum atomic E-state index is 6.03. The van der Waals surface area contributed by atoms with Crippen LogP contribution in [0.2, 0.25) is 0 Å². The summed E-state index contributed by atoms with van der Waals surface area (Å²) < 4.78 is 7.89. The number of ether oxygens (including phenoxy) is 1. The highest BCUT2D eigenvalue weighted by Crippen LogP contribution is 2.22. The van der Waals surface area contributed by atoms with E-state index in [2.05, 4.69) is 28.6 Å². The molecule has 4 heteroatoms. The van der Waals surface area contributed by atoms with Crippen molar-refractivity contribution in [3.63, 3.8) is 0 Å². The Morgan fingerprint density at radius 2 is 2.32 bits per heavy atom. The van der Waals surface area contributed by atoms with E-state index in [1.54, 1.807) is 0 Å². The van der Waals surface area contributed by atoms with Gasteiger partial charge < -0.3 is 15.0 Å². The third-order valence-electron chi connectivity index (χ3n) is 3.88. The number of hydrogen-bond donors (Lipinski definition) is 1. The number of imidazole rings is 1. The summed E-state index contributed by atoms with van der Waals surface area (Å²) in [6, 6.07) is 6.26. The second kappa shape index (κ2) is 5.21. The Kier molecular flexibility index (Phi) is 3.42. The molecule has 19 heavy (non-hydrogen) atoms. The number of nitrogens with two attached hydrogens (primary N) is 1. The van der Waals surface area contributed by atoms with Crippen LogP contribution < -0.4 is 5.73 Å². The van der Waals surface area contributed by atoms with E-state index in [0.29, 0.717) is 12.1 Å². The number of anilines is 1. The molecule has 0 radical (unpaired) electrons. The maximum absolute atomic E-state index is 6.03. The fraction of sp³-hybridized carbons (Fsp3) is 0.533. The number of hydrogen-bond acceptors (Lipinski definition) is 3. The first-order chi connectivity index (χ1) is 9.24. The number of aromatic nitrogens is 2. The lowest BCUT2D eigenvalue weighted by Crippen LogP contribution is -2.21. The van der Waals surface area contributed by atoms with Crippen LogP contribution in [0.15, 0.2) is 18.2 Å². The molecule has 1 fully saturated rings. The van der Waals surface area contributed by atoms with Gasteiger partial charge in [0.1, 0.15) is 0 Å². The van der Waals surface area contributed by atoms with Crippen LogP contribution in [0.25, 0.3) is 11.0 Å². The van der Waals surface area contributed by atoms with E-state index >= 15 is 0 Å². The van der Waals surface area contributed by atoms with E-state index in [1.807, 2.05) is 6.07 Å². The molecule has 0 spiro atoms. The van der Waals surface area contributed by atoms with Crippen molar-refractivity contribution < 1.29 is 4.74 Å². The van der Waals surface area contributed by atoms with Gasteiger partial charge >= 0.3 is 0 Å². The van der Waals surface area contributed by atoms with Gasteiger partial charge in [-0.3, -0.25) is 0 Å². The monoisotopic (exact) mass is 259 g/mol. The van der Waals surface area contributed by atoms with Crippen molar-refractivity contribution in [2.75, 3.05) is 12.3 Å². The zero-order valence-corrected chi connectivity index (χ0v) is 11.4. The van der Waals surface area contributed by atoms with Crippen LogP contribution in [0.5, 0.6) is 0 Å². The molecule has 1 atom stereocenters. The molecule has 1 aliphatic rings. The minimum atomic E-state index is 0.385. The van der Waals surface area contributed by atoms with Crippen LogP contribution in [-0.4, -0.2) is 22.3 Å². The average molecular weight is 259 g/mol. The molecular formula is C15H21N3O. The molecule has 2 aromatic rings. The number of nitrogen functional groups attached to an aromatic ring is 1. The predicted octanol–water partition coefficient (Wildman–Crippen LogP) is 2.89. The van der Waals surface area contributed by atoms with E-state index < -0.39 is 0 Å². The number of benzene rings is 1. The SMILES string of the molecule is Cc1ccc2nc(N)n(CCC3CCCCO3)c2c1. The summed E-state index contributed by atoms with van der Waals surface area (Å²) in [4.78, 5) is 4.42. The Balaban J connectivity index is 1.79. The lowest BCUT2D eigenvalue weighted by atomic mass is 10.1. The predicted molar refractivity (Wildman–Crippen MR) is 77.1 cm³/mol. The number of aryl methyl sites for hydroxylation is 2. The minimum absolute atomic E-state index is 0.385. The summed E-state index contributed by atoms with van der Waals surface area (Å²) in [5.41, 5.74) is 9.38. The van der Waals surface area contributed by atoms with Gasteiger partial charge in [0, 0.05) is 13.2 Å². The number of fused-ring (bicyclic) bond motifs is 1. The molecule has 4 nitrogen and oxygen atoms in total. The van der Waals surface area contributed by atoms with Gasteiger partial charge in [-0.25, -0.2) is 4.98 Å². The first kappa shape index (κ1) is 12.5. The molecule has 2 N–H and O–H groups in total. The molecule has 0 bridgehead atoms. The van der Waals surface area contributed by atoms with Gasteiger partial charge in [-0.15, -0.1) is 0 Å². The van der Waals surface area contributed by atoms with Gasteiger partial charge in [0.25, 0.3) is 0 Å². The van der Waals surface area contributed by atoms with Crippen molar-refractivity contribution in [3.05, 3.63) is 23.8 Å². The van der Waals surface area contributed by atoms with Crippen LogP contribution in [0.4, 0.5) is 5.95 Å². The van der Waals surface area contributed by atoms with E-state index in [4.69, 9.17) is 10.5 Å². The third kappa shape index (κ3) is 2.59. The first-order valence-electron chi connectivity index (χ1n) is 7.08. The van der Waals surface area contributed by atoms with Crippen molar-refractivity contribution in [3.8, 4) is 0 Å². The van der Waals surface area contributed by atoms with Crippen LogP contribution in [0.1, 0.15) is 31.2 Å². The van der Waals surface area contributed by atoms with Crippen LogP contribution in [-0.2, 0) is 11.3 Å². The normalized spacial score (nSPS) is 19.9. The minimum Gasteiger partial charge on any atom is -0.378 e. The summed E-state index contributed by atoms with van der Waals surface area (Å²) in [6.45, 7) is 3.89. The molecule has 1 aromatic heterocycles. The molecule has 2 heterocycles. The Hall–Kier alpha value is -1.55. The molecule has 102 valence electrons. The maximum Gasteiger partial charge on any atom is 0.201 e. The third-order valence-corrected chi connectivity index (χ3v) is 3.88. The van der Waals surface area contributed by atoms with E-state index in [1.165, 1.54) is 24.8 Å². The van der Waals surface area contributed by atoms with Crippen molar-refractivity contribution in [2.45, 2.75) is 45.3 Å². The Morgan fingerprint density at radius 1 is 1.42 bits per heavy atom. The largest absolute Gasteiger partial charge is 0.378 e. The van der Waals surface area contributed by atoms with Gasteiger partial charge in [-0.2, -0.15) is 0 Å². The van der Waals surface area contributed by atoms with Gasteiger partial charge in [0.15, 0.2) is 0 Å². The van der Waals surface area contributed by atoms with Crippen molar-refractivity contribution in [2.24, 2.45) is 0 Å². The second-order valence-corrected chi connectivity index (χ2v) is 5.39. The summed E-state index contributed by atoms with van der Waals surface area (Å²) in [6.07, 6.45) is 5.06. The fourth-order valence-corrected chi connectivity index (χ4v) is 2.79. The average Bonchev–Trinajstić information content (AvgIpc) is 2.73. The van der Waals surface area contributed by atoms with E-state index in [-0.39, 0.29) is 0 Å². The highest BCUT2D eigenvalue weighted by atomic mass is 16.5. The molecule has 0 amide bonds.